The van der Waals surface area contributed by atoms with E-state index in [0.29, 0.717) is 12.2 Å². The third kappa shape index (κ3) is 5.24. The number of rotatable bonds is 6. The first kappa shape index (κ1) is 23.2. The molecule has 31 heavy (non-hydrogen) atoms. The first-order valence-corrected chi connectivity index (χ1v) is 12.1. The molecule has 3 aliphatic rings. The lowest BCUT2D eigenvalue weighted by Crippen LogP contribution is -2.20. The van der Waals surface area contributed by atoms with Gasteiger partial charge in [-0.25, -0.2) is 0 Å². The minimum absolute atomic E-state index is 0.264. The third-order valence-corrected chi connectivity index (χ3v) is 6.55. The normalized spacial score (nSPS) is 16.8. The summed E-state index contributed by atoms with van der Waals surface area (Å²) >= 11 is 1.78. The van der Waals surface area contributed by atoms with Crippen molar-refractivity contribution < 1.29 is 14.3 Å². The average Bonchev–Trinajstić information content (AvgIpc) is 3.31. The van der Waals surface area contributed by atoms with E-state index in [1.54, 1.807) is 11.8 Å². The molecule has 0 radical (unpaired) electrons. The van der Waals surface area contributed by atoms with E-state index in [4.69, 9.17) is 9.47 Å². The fourth-order valence-corrected chi connectivity index (χ4v) is 4.80. The van der Waals surface area contributed by atoms with Crippen LogP contribution in [0.3, 0.4) is 0 Å². The number of benzene rings is 2. The molecule has 0 bridgehead atoms. The van der Waals surface area contributed by atoms with Crippen LogP contribution in [0.1, 0.15) is 58.9 Å². The number of ether oxygens (including phenoxy) is 2. The second-order valence-electron chi connectivity index (χ2n) is 7.30. The Morgan fingerprint density at radius 3 is 2.35 bits per heavy atom. The molecule has 2 aromatic carbocycles. The first-order valence-electron chi connectivity index (χ1n) is 11.3. The van der Waals surface area contributed by atoms with Gasteiger partial charge < -0.3 is 9.47 Å². The Balaban J connectivity index is 0.000000645. The predicted molar refractivity (Wildman–Crippen MR) is 129 cm³/mol. The lowest BCUT2D eigenvalue weighted by molar-refractivity contribution is -0.120. The van der Waals surface area contributed by atoms with Crippen LogP contribution in [-0.4, -0.2) is 12.6 Å². The first-order chi connectivity index (χ1) is 15.2. The Hall–Kier alpha value is -2.46. The van der Waals surface area contributed by atoms with Gasteiger partial charge in [0.05, 0.1) is 5.41 Å². The Morgan fingerprint density at radius 2 is 1.65 bits per heavy atom. The van der Waals surface area contributed by atoms with Crippen molar-refractivity contribution in [2.75, 3.05) is 6.79 Å². The maximum Gasteiger partial charge on any atom is 0.231 e. The molecule has 0 amide bonds. The highest BCUT2D eigenvalue weighted by molar-refractivity contribution is 8.03. The molecule has 0 atom stereocenters. The summed E-state index contributed by atoms with van der Waals surface area (Å²) in [4.78, 5) is 15.6. The highest BCUT2D eigenvalue weighted by Gasteiger charge is 2.51. The zero-order valence-electron chi connectivity index (χ0n) is 18.9. The second-order valence-corrected chi connectivity index (χ2v) is 8.50. The highest BCUT2D eigenvalue weighted by atomic mass is 32.2. The molecule has 0 spiro atoms. The van der Waals surface area contributed by atoms with Crippen LogP contribution in [0.25, 0.3) is 0 Å². The van der Waals surface area contributed by atoms with Gasteiger partial charge in [0.2, 0.25) is 6.79 Å². The molecular formula is C27H32O3S. The van der Waals surface area contributed by atoms with Gasteiger partial charge in [-0.15, -0.1) is 0 Å². The standard InChI is InChI=1S/C23H20O3S.2C2H6/c24-22(13-16-6-8-19(12-16)27-18-4-2-1-3-5-18)23(10-11-23)17-7-9-20-21(14-17)26-15-25-20;2*1-2/h1-9,14H,10-13,15H2;2*1-2H3. The molecule has 0 aromatic heterocycles. The lowest BCUT2D eigenvalue weighted by atomic mass is 9.87. The molecule has 4 heteroatoms. The molecule has 2 aliphatic carbocycles. The third-order valence-electron chi connectivity index (χ3n) is 5.49. The van der Waals surface area contributed by atoms with Gasteiger partial charge in [0, 0.05) is 17.7 Å². The Kier molecular flexibility index (Phi) is 8.03. The molecule has 2 aromatic rings. The summed E-state index contributed by atoms with van der Waals surface area (Å²) in [5.41, 5.74) is 1.96. The molecule has 0 unspecified atom stereocenters. The zero-order chi connectivity index (χ0) is 22.3. The van der Waals surface area contributed by atoms with Crippen LogP contribution >= 0.6 is 11.8 Å². The summed E-state index contributed by atoms with van der Waals surface area (Å²) in [6.07, 6.45) is 7.54. The van der Waals surface area contributed by atoms with E-state index in [1.165, 1.54) is 15.4 Å². The van der Waals surface area contributed by atoms with E-state index in [0.717, 1.165) is 36.3 Å². The van der Waals surface area contributed by atoms with E-state index in [9.17, 15) is 4.79 Å². The van der Waals surface area contributed by atoms with Crippen LogP contribution < -0.4 is 9.47 Å². The number of carbonyl (C=O) groups is 1. The van der Waals surface area contributed by atoms with E-state index < -0.39 is 0 Å². The van der Waals surface area contributed by atoms with Gasteiger partial charge in [0.1, 0.15) is 5.78 Å². The molecule has 1 fully saturated rings. The highest BCUT2D eigenvalue weighted by Crippen LogP contribution is 2.52. The maximum atomic E-state index is 13.1. The van der Waals surface area contributed by atoms with Gasteiger partial charge in [-0.3, -0.25) is 4.79 Å². The number of allylic oxidation sites excluding steroid dienone is 4. The van der Waals surface area contributed by atoms with E-state index in [2.05, 4.69) is 36.4 Å². The fourth-order valence-electron chi connectivity index (χ4n) is 3.81. The van der Waals surface area contributed by atoms with Crippen molar-refractivity contribution in [1.29, 1.82) is 0 Å². The molecule has 5 rings (SSSR count). The summed E-state index contributed by atoms with van der Waals surface area (Å²) in [6, 6.07) is 16.3. The molecule has 0 saturated heterocycles. The number of carbonyl (C=O) groups excluding carboxylic acids is 1. The lowest BCUT2D eigenvalue weighted by Gasteiger charge is -2.16. The largest absolute Gasteiger partial charge is 0.454 e. The summed E-state index contributed by atoms with van der Waals surface area (Å²) < 4.78 is 10.9. The van der Waals surface area contributed by atoms with E-state index in [1.807, 2.05) is 52.0 Å². The molecule has 164 valence electrons. The fraction of sp³-hybridized carbons (Fsp3) is 0.370. The molecule has 1 saturated carbocycles. The minimum Gasteiger partial charge on any atom is -0.454 e. The van der Waals surface area contributed by atoms with Crippen molar-refractivity contribution in [3.05, 3.63) is 76.7 Å². The van der Waals surface area contributed by atoms with Crippen molar-refractivity contribution >= 4 is 17.5 Å². The average molecular weight is 437 g/mol. The number of hydrogen-bond donors (Lipinski definition) is 0. The van der Waals surface area contributed by atoms with E-state index >= 15 is 0 Å². The van der Waals surface area contributed by atoms with Crippen molar-refractivity contribution in [2.24, 2.45) is 0 Å². The van der Waals surface area contributed by atoms with Crippen LogP contribution in [0.2, 0.25) is 0 Å². The summed E-state index contributed by atoms with van der Waals surface area (Å²) in [5, 5.41) is 0. The van der Waals surface area contributed by atoms with Crippen LogP contribution in [0.15, 0.2) is 76.1 Å². The van der Waals surface area contributed by atoms with Crippen LogP contribution in [0, 0.1) is 0 Å². The predicted octanol–water partition coefficient (Wildman–Crippen LogP) is 7.46. The van der Waals surface area contributed by atoms with Gasteiger partial charge >= 0.3 is 0 Å². The minimum atomic E-state index is -0.322. The van der Waals surface area contributed by atoms with Gasteiger partial charge in [-0.1, -0.05) is 81.4 Å². The van der Waals surface area contributed by atoms with Crippen molar-refractivity contribution in [3.63, 3.8) is 0 Å². The molecule has 1 heterocycles. The number of Topliss-reactive ketones (excluding diaryl/α,β-unsaturated/α-hetero) is 1. The summed E-state index contributed by atoms with van der Waals surface area (Å²) in [7, 11) is 0. The van der Waals surface area contributed by atoms with Crippen molar-refractivity contribution in [1.82, 2.24) is 0 Å². The maximum absolute atomic E-state index is 13.1. The van der Waals surface area contributed by atoms with Crippen LogP contribution in [-0.2, 0) is 10.2 Å². The van der Waals surface area contributed by atoms with Gasteiger partial charge in [-0.05, 0) is 47.6 Å². The van der Waals surface area contributed by atoms with E-state index in [-0.39, 0.29) is 12.2 Å². The number of thioether (sulfide) groups is 1. The summed E-state index contributed by atoms with van der Waals surface area (Å²) in [6.45, 7) is 8.26. The van der Waals surface area contributed by atoms with Gasteiger partial charge in [0.25, 0.3) is 0 Å². The zero-order valence-corrected chi connectivity index (χ0v) is 19.8. The molecule has 0 N–H and O–H groups in total. The SMILES string of the molecule is CC.CC.O=C(CC1=CC=C(Sc2ccccc2)C1)C1(c2ccc3c(c2)OCO3)CC1. The quantitative estimate of drug-likeness (QED) is 0.471. The summed E-state index contributed by atoms with van der Waals surface area (Å²) in [5.74, 6) is 1.86. The van der Waals surface area contributed by atoms with Crippen LogP contribution in [0.5, 0.6) is 11.5 Å². The topological polar surface area (TPSA) is 35.5 Å². The number of hydrogen-bond acceptors (Lipinski definition) is 4. The molecule has 3 nitrogen and oxygen atoms in total. The van der Waals surface area contributed by atoms with Crippen molar-refractivity contribution in [3.8, 4) is 11.5 Å². The monoisotopic (exact) mass is 436 g/mol. The molecule has 1 aliphatic heterocycles. The Labute approximate surface area is 190 Å². The van der Waals surface area contributed by atoms with Crippen LogP contribution in [0.4, 0.5) is 0 Å². The Bertz CT molecular complexity index is 956. The second kappa shape index (κ2) is 10.7. The smallest absolute Gasteiger partial charge is 0.231 e. The van der Waals surface area contributed by atoms with Gasteiger partial charge in [0.15, 0.2) is 11.5 Å². The molecular weight excluding hydrogens is 404 g/mol. The Morgan fingerprint density at radius 1 is 0.935 bits per heavy atom. The van der Waals surface area contributed by atoms with Gasteiger partial charge in [-0.2, -0.15) is 0 Å². The number of fused-ring (bicyclic) bond motifs is 1. The van der Waals surface area contributed by atoms with Crippen molar-refractivity contribution in [2.45, 2.75) is 63.7 Å². The number of ketones is 1.